The number of ether oxygens (including phenoxy) is 1. The van der Waals surface area contributed by atoms with Crippen molar-refractivity contribution in [3.8, 4) is 0 Å². The standard InChI is InChI=1S/C20H24ClNO4/c21-16-3-1-13(2-4-16)10-22-17(23)11-26-18(24)19-6-14-5-15(7-19)9-20(25,8-14)12-19/h1-4,14-15,25H,5-12H2,(H,22,23)/t14-,15+,19?,20?. The Morgan fingerprint density at radius 3 is 2.42 bits per heavy atom. The molecular weight excluding hydrogens is 354 g/mol. The molecule has 0 aliphatic heterocycles. The molecule has 0 saturated heterocycles. The van der Waals surface area contributed by atoms with Crippen LogP contribution in [0.3, 0.4) is 0 Å². The van der Waals surface area contributed by atoms with Gasteiger partial charge in [0.1, 0.15) is 0 Å². The fourth-order valence-electron chi connectivity index (χ4n) is 5.59. The Morgan fingerprint density at radius 2 is 1.81 bits per heavy atom. The van der Waals surface area contributed by atoms with Crippen LogP contribution < -0.4 is 5.32 Å². The van der Waals surface area contributed by atoms with Crippen LogP contribution in [-0.2, 0) is 20.9 Å². The predicted octanol–water partition coefficient (Wildman–Crippen LogP) is 2.83. The van der Waals surface area contributed by atoms with Gasteiger partial charge in [-0.25, -0.2) is 0 Å². The molecule has 0 radical (unpaired) electrons. The highest BCUT2D eigenvalue weighted by atomic mass is 35.5. The van der Waals surface area contributed by atoms with Crippen molar-refractivity contribution in [2.45, 2.75) is 50.7 Å². The van der Waals surface area contributed by atoms with Gasteiger partial charge >= 0.3 is 5.97 Å². The zero-order valence-corrected chi connectivity index (χ0v) is 15.4. The molecule has 0 spiro atoms. The molecule has 2 unspecified atom stereocenters. The van der Waals surface area contributed by atoms with E-state index in [9.17, 15) is 14.7 Å². The molecule has 26 heavy (non-hydrogen) atoms. The van der Waals surface area contributed by atoms with Gasteiger partial charge < -0.3 is 15.2 Å². The van der Waals surface area contributed by atoms with Crippen molar-refractivity contribution in [3.05, 3.63) is 34.9 Å². The first-order chi connectivity index (χ1) is 12.4. The van der Waals surface area contributed by atoms with Crippen molar-refractivity contribution in [2.75, 3.05) is 6.61 Å². The molecule has 6 heteroatoms. The first-order valence-corrected chi connectivity index (χ1v) is 9.64. The number of hydrogen-bond donors (Lipinski definition) is 2. The molecule has 0 aromatic heterocycles. The van der Waals surface area contributed by atoms with Gasteiger partial charge in [-0.3, -0.25) is 9.59 Å². The van der Waals surface area contributed by atoms with Gasteiger partial charge in [-0.05, 0) is 68.1 Å². The van der Waals surface area contributed by atoms with E-state index in [1.54, 1.807) is 12.1 Å². The molecule has 0 heterocycles. The molecule has 4 aliphatic carbocycles. The predicted molar refractivity (Wildman–Crippen MR) is 96.3 cm³/mol. The number of benzene rings is 1. The lowest BCUT2D eigenvalue weighted by atomic mass is 9.48. The Hall–Kier alpha value is -1.59. The van der Waals surface area contributed by atoms with Crippen molar-refractivity contribution in [1.29, 1.82) is 0 Å². The molecule has 4 bridgehead atoms. The molecule has 5 rings (SSSR count). The number of aliphatic hydroxyl groups is 1. The largest absolute Gasteiger partial charge is 0.455 e. The molecule has 4 saturated carbocycles. The third-order valence-electron chi connectivity index (χ3n) is 6.20. The number of carbonyl (C=O) groups excluding carboxylic acids is 2. The van der Waals surface area contributed by atoms with E-state index in [0.717, 1.165) is 37.7 Å². The maximum atomic E-state index is 12.7. The number of esters is 1. The number of amides is 1. The maximum Gasteiger partial charge on any atom is 0.312 e. The topological polar surface area (TPSA) is 75.6 Å². The summed E-state index contributed by atoms with van der Waals surface area (Å²) in [5, 5.41) is 14.1. The quantitative estimate of drug-likeness (QED) is 0.774. The Kier molecular flexibility index (Phi) is 4.48. The van der Waals surface area contributed by atoms with Crippen LogP contribution in [0.2, 0.25) is 5.02 Å². The summed E-state index contributed by atoms with van der Waals surface area (Å²) in [4.78, 5) is 24.7. The minimum atomic E-state index is -0.708. The minimum absolute atomic E-state index is 0.276. The van der Waals surface area contributed by atoms with Crippen molar-refractivity contribution in [3.63, 3.8) is 0 Å². The highest BCUT2D eigenvalue weighted by Crippen LogP contribution is 2.61. The summed E-state index contributed by atoms with van der Waals surface area (Å²) in [6, 6.07) is 7.21. The average Bonchev–Trinajstić information content (AvgIpc) is 2.57. The van der Waals surface area contributed by atoms with Crippen LogP contribution in [0.25, 0.3) is 0 Å². The lowest BCUT2D eigenvalue weighted by molar-refractivity contribution is -0.196. The molecule has 5 nitrogen and oxygen atoms in total. The Morgan fingerprint density at radius 1 is 1.15 bits per heavy atom. The molecule has 4 aliphatic rings. The Bertz CT molecular complexity index is 703. The minimum Gasteiger partial charge on any atom is -0.455 e. The van der Waals surface area contributed by atoms with Crippen molar-refractivity contribution in [2.24, 2.45) is 17.3 Å². The van der Waals surface area contributed by atoms with Crippen LogP contribution in [0.5, 0.6) is 0 Å². The third kappa shape index (κ3) is 3.47. The van der Waals surface area contributed by atoms with Crippen LogP contribution >= 0.6 is 11.6 Å². The average molecular weight is 378 g/mol. The van der Waals surface area contributed by atoms with Crippen LogP contribution in [0, 0.1) is 17.3 Å². The van der Waals surface area contributed by atoms with E-state index in [0.29, 0.717) is 29.8 Å². The molecule has 4 fully saturated rings. The van der Waals surface area contributed by atoms with Crippen molar-refractivity contribution < 1.29 is 19.4 Å². The van der Waals surface area contributed by atoms with Crippen LogP contribution in [0.1, 0.15) is 44.1 Å². The number of halogens is 1. The smallest absolute Gasteiger partial charge is 0.312 e. The van der Waals surface area contributed by atoms with Crippen LogP contribution in [0.4, 0.5) is 0 Å². The van der Waals surface area contributed by atoms with Gasteiger partial charge in [0.25, 0.3) is 5.91 Å². The van der Waals surface area contributed by atoms with E-state index in [4.69, 9.17) is 16.3 Å². The normalized spacial score (nSPS) is 34.5. The summed E-state index contributed by atoms with van der Waals surface area (Å²) < 4.78 is 5.36. The van der Waals surface area contributed by atoms with Gasteiger partial charge in [0.15, 0.2) is 6.61 Å². The zero-order valence-electron chi connectivity index (χ0n) is 14.7. The molecule has 4 atom stereocenters. The fraction of sp³-hybridized carbons (Fsp3) is 0.600. The highest BCUT2D eigenvalue weighted by molar-refractivity contribution is 6.30. The van der Waals surface area contributed by atoms with Gasteiger partial charge in [-0.1, -0.05) is 23.7 Å². The summed E-state index contributed by atoms with van der Waals surface area (Å²) >= 11 is 5.84. The Balaban J connectivity index is 1.30. The van der Waals surface area contributed by atoms with Gasteiger partial charge in [-0.2, -0.15) is 0 Å². The lowest BCUT2D eigenvalue weighted by Gasteiger charge is -2.58. The molecule has 140 valence electrons. The summed E-state index contributed by atoms with van der Waals surface area (Å²) in [6.45, 7) is 0.0878. The fourth-order valence-corrected chi connectivity index (χ4v) is 5.72. The SMILES string of the molecule is O=C(COC(=O)C12C[C@@H]3C[C@@H](CC(O)(C3)C1)C2)NCc1ccc(Cl)cc1. The summed E-state index contributed by atoms with van der Waals surface area (Å²) in [5.41, 5.74) is -0.368. The second-order valence-corrected chi connectivity index (χ2v) is 8.88. The molecule has 1 amide bonds. The molecule has 1 aromatic carbocycles. The lowest BCUT2D eigenvalue weighted by Crippen LogP contribution is -2.58. The van der Waals surface area contributed by atoms with Gasteiger partial charge in [0, 0.05) is 11.6 Å². The second-order valence-electron chi connectivity index (χ2n) is 8.45. The highest BCUT2D eigenvalue weighted by Gasteiger charge is 2.60. The number of nitrogens with one attached hydrogen (secondary N) is 1. The summed E-state index contributed by atoms with van der Waals surface area (Å²) in [7, 11) is 0. The van der Waals surface area contributed by atoms with Crippen molar-refractivity contribution in [1.82, 2.24) is 5.32 Å². The second kappa shape index (κ2) is 6.54. The molecule has 1 aromatic rings. The van der Waals surface area contributed by atoms with E-state index in [1.165, 1.54) is 0 Å². The monoisotopic (exact) mass is 377 g/mol. The zero-order chi connectivity index (χ0) is 18.4. The van der Waals surface area contributed by atoms with Crippen LogP contribution in [0.15, 0.2) is 24.3 Å². The maximum absolute atomic E-state index is 12.7. The number of carbonyl (C=O) groups is 2. The Labute approximate surface area is 158 Å². The number of hydrogen-bond acceptors (Lipinski definition) is 4. The van der Waals surface area contributed by atoms with E-state index in [-0.39, 0.29) is 18.5 Å². The van der Waals surface area contributed by atoms with E-state index in [2.05, 4.69) is 5.32 Å². The van der Waals surface area contributed by atoms with Crippen LogP contribution in [-0.4, -0.2) is 29.2 Å². The number of rotatable bonds is 5. The van der Waals surface area contributed by atoms with E-state index < -0.39 is 11.0 Å². The van der Waals surface area contributed by atoms with E-state index in [1.807, 2.05) is 12.1 Å². The summed E-state index contributed by atoms with van der Waals surface area (Å²) in [5.74, 6) is 0.184. The third-order valence-corrected chi connectivity index (χ3v) is 6.45. The van der Waals surface area contributed by atoms with Gasteiger partial charge in [0.2, 0.25) is 0 Å². The first-order valence-electron chi connectivity index (χ1n) is 9.27. The molecule has 2 N–H and O–H groups in total. The molecular formula is C20H24ClNO4. The van der Waals surface area contributed by atoms with Crippen molar-refractivity contribution >= 4 is 23.5 Å². The van der Waals surface area contributed by atoms with Gasteiger partial charge in [-0.15, -0.1) is 0 Å². The first kappa shape index (κ1) is 17.8. The van der Waals surface area contributed by atoms with E-state index >= 15 is 0 Å². The van der Waals surface area contributed by atoms with Gasteiger partial charge in [0.05, 0.1) is 11.0 Å². The summed E-state index contributed by atoms with van der Waals surface area (Å²) in [6.07, 6.45) is 4.78.